The molecule has 0 N–H and O–H groups in total. The van der Waals surface area contributed by atoms with E-state index in [0.717, 1.165) is 0 Å². The van der Waals surface area contributed by atoms with Crippen LogP contribution in [0, 0.1) is 18.2 Å². The standard InChI is InChI=1S/C9H4BrFO/c1-2-9(12)7-5-6(10)3-4-8(7)11/h1,3-5H. The lowest BCUT2D eigenvalue weighted by molar-refractivity contribution is 0.105. The Kier molecular flexibility index (Phi) is 2.61. The molecular weight excluding hydrogens is 223 g/mol. The van der Waals surface area contributed by atoms with Gasteiger partial charge in [0.2, 0.25) is 5.78 Å². The fourth-order valence-corrected chi connectivity index (χ4v) is 1.11. The first kappa shape index (κ1) is 8.95. The van der Waals surface area contributed by atoms with E-state index in [1.54, 1.807) is 0 Å². The van der Waals surface area contributed by atoms with Gasteiger partial charge in [0.05, 0.1) is 5.56 Å². The minimum absolute atomic E-state index is 0.0770. The number of hydrogen-bond acceptors (Lipinski definition) is 1. The zero-order chi connectivity index (χ0) is 9.14. The molecule has 0 aromatic heterocycles. The molecule has 1 aromatic rings. The normalized spacial score (nSPS) is 9.08. The first-order valence-electron chi connectivity index (χ1n) is 3.11. The van der Waals surface area contributed by atoms with Gasteiger partial charge in [-0.1, -0.05) is 15.9 Å². The number of terminal acetylenes is 1. The quantitative estimate of drug-likeness (QED) is 0.409. The second-order valence-electron chi connectivity index (χ2n) is 2.10. The average molecular weight is 227 g/mol. The monoisotopic (exact) mass is 226 g/mol. The second kappa shape index (κ2) is 3.51. The lowest BCUT2D eigenvalue weighted by atomic mass is 10.1. The van der Waals surface area contributed by atoms with Crippen molar-refractivity contribution >= 4 is 21.7 Å². The molecule has 1 nitrogen and oxygen atoms in total. The highest BCUT2D eigenvalue weighted by molar-refractivity contribution is 9.10. The number of carbonyl (C=O) groups is 1. The van der Waals surface area contributed by atoms with Crippen molar-refractivity contribution in [2.45, 2.75) is 0 Å². The van der Waals surface area contributed by atoms with E-state index in [0.29, 0.717) is 4.47 Å². The summed E-state index contributed by atoms with van der Waals surface area (Å²) in [5.41, 5.74) is -0.0770. The van der Waals surface area contributed by atoms with Gasteiger partial charge in [-0.05, 0) is 24.1 Å². The van der Waals surface area contributed by atoms with Crippen molar-refractivity contribution in [2.75, 3.05) is 0 Å². The second-order valence-corrected chi connectivity index (χ2v) is 3.01. The van der Waals surface area contributed by atoms with Gasteiger partial charge in [-0.3, -0.25) is 4.79 Å². The minimum atomic E-state index is -0.645. The first-order chi connectivity index (χ1) is 5.65. The van der Waals surface area contributed by atoms with Crippen molar-refractivity contribution in [3.63, 3.8) is 0 Å². The molecule has 0 spiro atoms. The molecule has 0 amide bonds. The summed E-state index contributed by atoms with van der Waals surface area (Å²) in [7, 11) is 0. The summed E-state index contributed by atoms with van der Waals surface area (Å²) < 4.78 is 13.5. The molecule has 0 aliphatic carbocycles. The average Bonchev–Trinajstić information content (AvgIpc) is 2.08. The summed E-state index contributed by atoms with van der Waals surface area (Å²) in [5, 5.41) is 0. The fraction of sp³-hybridized carbons (Fsp3) is 0. The van der Waals surface area contributed by atoms with Gasteiger partial charge in [-0.15, -0.1) is 6.42 Å². The van der Waals surface area contributed by atoms with Gasteiger partial charge >= 0.3 is 0 Å². The molecule has 1 aromatic carbocycles. The summed E-state index contributed by atoms with van der Waals surface area (Å²) in [6.07, 6.45) is 4.84. The third kappa shape index (κ3) is 1.72. The number of hydrogen-bond donors (Lipinski definition) is 0. The van der Waals surface area contributed by atoms with Crippen molar-refractivity contribution in [1.82, 2.24) is 0 Å². The molecule has 3 heteroatoms. The van der Waals surface area contributed by atoms with Crippen molar-refractivity contribution in [2.24, 2.45) is 0 Å². The van der Waals surface area contributed by atoms with Crippen LogP contribution in [-0.4, -0.2) is 5.78 Å². The number of ketones is 1. The highest BCUT2D eigenvalue weighted by Gasteiger charge is 2.08. The molecule has 0 aliphatic heterocycles. The Morgan fingerprint density at radius 2 is 2.25 bits per heavy atom. The van der Waals surface area contributed by atoms with E-state index in [-0.39, 0.29) is 5.56 Å². The third-order valence-corrected chi connectivity index (χ3v) is 1.80. The van der Waals surface area contributed by atoms with Gasteiger partial charge < -0.3 is 0 Å². The van der Waals surface area contributed by atoms with E-state index in [2.05, 4.69) is 15.9 Å². The predicted molar refractivity (Wildman–Crippen MR) is 47.3 cm³/mol. The van der Waals surface area contributed by atoms with Crippen LogP contribution in [0.5, 0.6) is 0 Å². The number of Topliss-reactive ketones (excluding diaryl/α,β-unsaturated/α-hetero) is 1. The van der Waals surface area contributed by atoms with E-state index in [1.165, 1.54) is 18.2 Å². The SMILES string of the molecule is C#CC(=O)c1cc(Br)ccc1F. The fourth-order valence-electron chi connectivity index (χ4n) is 0.749. The predicted octanol–water partition coefficient (Wildman–Crippen LogP) is 2.40. The van der Waals surface area contributed by atoms with Crippen LogP contribution >= 0.6 is 15.9 Å². The van der Waals surface area contributed by atoms with Gasteiger partial charge in [-0.25, -0.2) is 4.39 Å². The van der Waals surface area contributed by atoms with E-state index in [1.807, 2.05) is 5.92 Å². The Bertz CT molecular complexity index is 365. The molecule has 0 saturated heterocycles. The zero-order valence-electron chi connectivity index (χ0n) is 5.97. The van der Waals surface area contributed by atoms with E-state index in [4.69, 9.17) is 6.42 Å². The molecule has 0 fully saturated rings. The largest absolute Gasteiger partial charge is 0.279 e. The van der Waals surface area contributed by atoms with Crippen LogP contribution in [0.1, 0.15) is 10.4 Å². The van der Waals surface area contributed by atoms with Crippen LogP contribution in [0.3, 0.4) is 0 Å². The maximum absolute atomic E-state index is 12.9. The van der Waals surface area contributed by atoms with Gasteiger partial charge in [0, 0.05) is 4.47 Å². The van der Waals surface area contributed by atoms with Crippen LogP contribution in [0.2, 0.25) is 0 Å². The molecule has 0 aliphatic rings. The van der Waals surface area contributed by atoms with Crippen LogP contribution in [0.4, 0.5) is 4.39 Å². The van der Waals surface area contributed by atoms with Gasteiger partial charge in [0.25, 0.3) is 0 Å². The van der Waals surface area contributed by atoms with Gasteiger partial charge in [-0.2, -0.15) is 0 Å². The van der Waals surface area contributed by atoms with Crippen LogP contribution in [-0.2, 0) is 0 Å². The Balaban J connectivity index is 3.25. The Hall–Kier alpha value is -1.14. The molecule has 0 radical (unpaired) electrons. The van der Waals surface area contributed by atoms with E-state index < -0.39 is 11.6 Å². The molecule has 0 atom stereocenters. The number of rotatable bonds is 1. The van der Waals surface area contributed by atoms with Crippen molar-refractivity contribution < 1.29 is 9.18 Å². The first-order valence-corrected chi connectivity index (χ1v) is 3.90. The summed E-state index contributed by atoms with van der Waals surface area (Å²) >= 11 is 3.11. The highest BCUT2D eigenvalue weighted by Crippen LogP contribution is 2.15. The van der Waals surface area contributed by atoms with E-state index >= 15 is 0 Å². The molecule has 60 valence electrons. The van der Waals surface area contributed by atoms with Crippen molar-refractivity contribution in [1.29, 1.82) is 0 Å². The van der Waals surface area contributed by atoms with Crippen molar-refractivity contribution in [3.05, 3.63) is 34.1 Å². The summed E-state index contributed by atoms with van der Waals surface area (Å²) in [4.78, 5) is 10.9. The maximum Gasteiger partial charge on any atom is 0.238 e. The van der Waals surface area contributed by atoms with Crippen LogP contribution < -0.4 is 0 Å². The molecule has 1 rings (SSSR count). The molecule has 0 heterocycles. The smallest absolute Gasteiger partial charge is 0.238 e. The number of benzene rings is 1. The van der Waals surface area contributed by atoms with Crippen molar-refractivity contribution in [3.8, 4) is 12.3 Å². The zero-order valence-corrected chi connectivity index (χ0v) is 7.56. The summed E-state index contributed by atoms with van der Waals surface area (Å²) in [5.74, 6) is 0.609. The molecule has 12 heavy (non-hydrogen) atoms. The number of carbonyl (C=O) groups excluding carboxylic acids is 1. The van der Waals surface area contributed by atoms with Crippen LogP contribution in [0.25, 0.3) is 0 Å². The minimum Gasteiger partial charge on any atom is -0.279 e. The molecule has 0 saturated carbocycles. The number of halogens is 2. The Morgan fingerprint density at radius 1 is 1.58 bits per heavy atom. The van der Waals surface area contributed by atoms with Gasteiger partial charge in [0.15, 0.2) is 0 Å². The Labute approximate surface area is 77.7 Å². The lowest BCUT2D eigenvalue weighted by Gasteiger charge is -1.96. The van der Waals surface area contributed by atoms with Gasteiger partial charge in [0.1, 0.15) is 5.82 Å². The Morgan fingerprint density at radius 3 is 2.83 bits per heavy atom. The van der Waals surface area contributed by atoms with Crippen LogP contribution in [0.15, 0.2) is 22.7 Å². The topological polar surface area (TPSA) is 17.1 Å². The molecular formula is C9H4BrFO. The molecule has 0 unspecified atom stereocenters. The highest BCUT2D eigenvalue weighted by atomic mass is 79.9. The summed E-state index contributed by atoms with van der Waals surface area (Å²) in [6.45, 7) is 0. The maximum atomic E-state index is 12.9. The van der Waals surface area contributed by atoms with E-state index in [9.17, 15) is 9.18 Å². The third-order valence-electron chi connectivity index (χ3n) is 1.30. The molecule has 0 bridgehead atoms. The lowest BCUT2D eigenvalue weighted by Crippen LogP contribution is -1.98. The summed E-state index contributed by atoms with van der Waals surface area (Å²) in [6, 6.07) is 4.05.